The first-order chi connectivity index (χ1) is 13.5. The van der Waals surface area contributed by atoms with Gasteiger partial charge < -0.3 is 0 Å². The van der Waals surface area contributed by atoms with Crippen LogP contribution in [0.5, 0.6) is 0 Å². The van der Waals surface area contributed by atoms with Gasteiger partial charge in [0.15, 0.2) is 0 Å². The van der Waals surface area contributed by atoms with Crippen molar-refractivity contribution < 1.29 is 4.79 Å². The summed E-state index contributed by atoms with van der Waals surface area (Å²) in [6, 6.07) is 13.9. The van der Waals surface area contributed by atoms with Gasteiger partial charge in [-0.1, -0.05) is 65.2 Å². The minimum Gasteiger partial charge on any atom is -0.297 e. The zero-order chi connectivity index (χ0) is 19.9. The first-order valence-corrected chi connectivity index (χ1v) is 10.0. The molecule has 7 heteroatoms. The van der Waals surface area contributed by atoms with E-state index in [1.54, 1.807) is 18.2 Å². The standard InChI is InChI=1S/C21H24Cl2N4O/c1-16-5-7-17(8-6-16)14-26-9-11-27(12-10-26)15-20(28)25-24-13-18-3-2-4-19(22)21(18)23/h2-8,13H,9-12,14-15H2,1H3,(H,25,28)/b24-13+. The Hall–Kier alpha value is -1.92. The van der Waals surface area contributed by atoms with E-state index in [0.717, 1.165) is 32.7 Å². The first-order valence-electron chi connectivity index (χ1n) is 9.27. The largest absolute Gasteiger partial charge is 0.297 e. The Balaban J connectivity index is 1.40. The molecular formula is C21H24Cl2N4O. The molecule has 2 aromatic rings. The van der Waals surface area contributed by atoms with E-state index in [9.17, 15) is 4.79 Å². The third-order valence-corrected chi connectivity index (χ3v) is 5.57. The summed E-state index contributed by atoms with van der Waals surface area (Å²) < 4.78 is 0. The average Bonchev–Trinajstić information content (AvgIpc) is 2.68. The van der Waals surface area contributed by atoms with Crippen LogP contribution in [0.25, 0.3) is 0 Å². The van der Waals surface area contributed by atoms with Crippen LogP contribution < -0.4 is 5.43 Å². The van der Waals surface area contributed by atoms with Gasteiger partial charge in [-0.15, -0.1) is 0 Å². The molecule has 0 bridgehead atoms. The highest BCUT2D eigenvalue weighted by atomic mass is 35.5. The highest BCUT2D eigenvalue weighted by molar-refractivity contribution is 6.43. The van der Waals surface area contributed by atoms with Gasteiger partial charge in [0.25, 0.3) is 5.91 Å². The molecule has 3 rings (SSSR count). The lowest BCUT2D eigenvalue weighted by Gasteiger charge is -2.34. The van der Waals surface area contributed by atoms with E-state index in [0.29, 0.717) is 22.2 Å². The molecule has 0 saturated carbocycles. The lowest BCUT2D eigenvalue weighted by atomic mass is 10.1. The summed E-state index contributed by atoms with van der Waals surface area (Å²) in [6.07, 6.45) is 1.51. The summed E-state index contributed by atoms with van der Waals surface area (Å²) in [5.41, 5.74) is 5.82. The summed E-state index contributed by atoms with van der Waals surface area (Å²) in [6.45, 7) is 7.00. The molecule has 148 valence electrons. The molecule has 0 aliphatic carbocycles. The van der Waals surface area contributed by atoms with Gasteiger partial charge in [-0.05, 0) is 18.6 Å². The number of halogens is 2. The summed E-state index contributed by atoms with van der Waals surface area (Å²) >= 11 is 12.1. The second-order valence-electron chi connectivity index (χ2n) is 6.97. The van der Waals surface area contributed by atoms with Crippen LogP contribution >= 0.6 is 23.2 Å². The zero-order valence-corrected chi connectivity index (χ0v) is 17.4. The SMILES string of the molecule is Cc1ccc(CN2CCN(CC(=O)N/N=C/c3cccc(Cl)c3Cl)CC2)cc1. The molecule has 2 aromatic carbocycles. The average molecular weight is 419 g/mol. The van der Waals surface area contributed by atoms with Gasteiger partial charge in [-0.25, -0.2) is 5.43 Å². The first kappa shape index (κ1) is 20.8. The Morgan fingerprint density at radius 3 is 2.46 bits per heavy atom. The summed E-state index contributed by atoms with van der Waals surface area (Å²) in [4.78, 5) is 16.7. The topological polar surface area (TPSA) is 47.9 Å². The zero-order valence-electron chi connectivity index (χ0n) is 15.9. The number of hydrogen-bond acceptors (Lipinski definition) is 4. The molecule has 0 atom stereocenters. The maximum atomic E-state index is 12.1. The van der Waals surface area contributed by atoms with Crippen LogP contribution in [0.4, 0.5) is 0 Å². The molecular weight excluding hydrogens is 395 g/mol. The quantitative estimate of drug-likeness (QED) is 0.575. The molecule has 1 saturated heterocycles. The van der Waals surface area contributed by atoms with Gasteiger partial charge in [-0.3, -0.25) is 14.6 Å². The number of nitrogens with one attached hydrogen (secondary N) is 1. The van der Waals surface area contributed by atoms with Crippen molar-refractivity contribution in [3.8, 4) is 0 Å². The third-order valence-electron chi connectivity index (χ3n) is 4.73. The van der Waals surface area contributed by atoms with E-state index < -0.39 is 0 Å². The number of aryl methyl sites for hydroxylation is 1. The molecule has 1 aliphatic heterocycles. The van der Waals surface area contributed by atoms with Crippen LogP contribution in [-0.2, 0) is 11.3 Å². The van der Waals surface area contributed by atoms with Crippen LogP contribution in [-0.4, -0.2) is 54.6 Å². The van der Waals surface area contributed by atoms with Crippen LogP contribution in [0.15, 0.2) is 47.6 Å². The minimum atomic E-state index is -0.138. The normalized spacial score (nSPS) is 15.8. The van der Waals surface area contributed by atoms with Crippen molar-refractivity contribution in [1.82, 2.24) is 15.2 Å². The number of carbonyl (C=O) groups is 1. The van der Waals surface area contributed by atoms with Crippen molar-refractivity contribution in [1.29, 1.82) is 0 Å². The second-order valence-corrected chi connectivity index (χ2v) is 7.76. The Morgan fingerprint density at radius 1 is 1.07 bits per heavy atom. The second kappa shape index (κ2) is 10.0. The Labute approximate surface area is 175 Å². The van der Waals surface area contributed by atoms with E-state index >= 15 is 0 Å². The van der Waals surface area contributed by atoms with Gasteiger partial charge in [0, 0.05) is 38.3 Å². The minimum absolute atomic E-state index is 0.138. The molecule has 0 radical (unpaired) electrons. The fraction of sp³-hybridized carbons (Fsp3) is 0.333. The maximum absolute atomic E-state index is 12.1. The number of amides is 1. The molecule has 1 N–H and O–H groups in total. The summed E-state index contributed by atoms with van der Waals surface area (Å²) in [5.74, 6) is -0.138. The molecule has 0 unspecified atom stereocenters. The van der Waals surface area contributed by atoms with Crippen LogP contribution in [0.3, 0.4) is 0 Å². The van der Waals surface area contributed by atoms with Crippen molar-refractivity contribution in [2.75, 3.05) is 32.7 Å². The number of hydrazone groups is 1. The third kappa shape index (κ3) is 6.04. The maximum Gasteiger partial charge on any atom is 0.254 e. The van der Waals surface area contributed by atoms with E-state index in [1.807, 2.05) is 0 Å². The lowest BCUT2D eigenvalue weighted by molar-refractivity contribution is -0.122. The van der Waals surface area contributed by atoms with Crippen molar-refractivity contribution in [2.24, 2.45) is 5.10 Å². The number of nitrogens with zero attached hydrogens (tertiary/aromatic N) is 3. The fourth-order valence-corrected chi connectivity index (χ4v) is 3.45. The number of carbonyl (C=O) groups excluding carboxylic acids is 1. The van der Waals surface area contributed by atoms with Gasteiger partial charge in [0.1, 0.15) is 0 Å². The predicted molar refractivity (Wildman–Crippen MR) is 115 cm³/mol. The molecule has 1 heterocycles. The highest BCUT2D eigenvalue weighted by Crippen LogP contribution is 2.24. The van der Waals surface area contributed by atoms with Crippen LogP contribution in [0, 0.1) is 6.92 Å². The number of benzene rings is 2. The van der Waals surface area contributed by atoms with Gasteiger partial charge >= 0.3 is 0 Å². The van der Waals surface area contributed by atoms with Crippen LogP contribution in [0.2, 0.25) is 10.0 Å². The molecule has 5 nitrogen and oxygen atoms in total. The number of hydrogen-bond donors (Lipinski definition) is 1. The van der Waals surface area contributed by atoms with Crippen molar-refractivity contribution >= 4 is 35.3 Å². The monoisotopic (exact) mass is 418 g/mol. The molecule has 1 amide bonds. The number of rotatable bonds is 6. The van der Waals surface area contributed by atoms with Gasteiger partial charge in [0.05, 0.1) is 22.8 Å². The number of piperazine rings is 1. The summed E-state index contributed by atoms with van der Waals surface area (Å²) in [7, 11) is 0. The van der Waals surface area contributed by atoms with Crippen molar-refractivity contribution in [3.63, 3.8) is 0 Å². The molecule has 28 heavy (non-hydrogen) atoms. The Morgan fingerprint density at radius 2 is 1.75 bits per heavy atom. The van der Waals surface area contributed by atoms with E-state index in [4.69, 9.17) is 23.2 Å². The van der Waals surface area contributed by atoms with Crippen molar-refractivity contribution in [3.05, 3.63) is 69.2 Å². The highest BCUT2D eigenvalue weighted by Gasteiger charge is 2.18. The smallest absolute Gasteiger partial charge is 0.254 e. The molecule has 1 fully saturated rings. The molecule has 0 spiro atoms. The van der Waals surface area contributed by atoms with Gasteiger partial charge in [-0.2, -0.15) is 5.10 Å². The lowest BCUT2D eigenvalue weighted by Crippen LogP contribution is -2.48. The van der Waals surface area contributed by atoms with Gasteiger partial charge in [0.2, 0.25) is 0 Å². The molecule has 0 aromatic heterocycles. The van der Waals surface area contributed by atoms with E-state index in [1.165, 1.54) is 17.3 Å². The van der Waals surface area contributed by atoms with Crippen molar-refractivity contribution in [2.45, 2.75) is 13.5 Å². The van der Waals surface area contributed by atoms with Crippen LogP contribution in [0.1, 0.15) is 16.7 Å². The summed E-state index contributed by atoms with van der Waals surface area (Å²) in [5, 5.41) is 4.86. The Bertz CT molecular complexity index is 831. The van der Waals surface area contributed by atoms with E-state index in [2.05, 4.69) is 51.5 Å². The Kier molecular flexibility index (Phi) is 7.45. The predicted octanol–water partition coefficient (Wildman–Crippen LogP) is 3.57. The van der Waals surface area contributed by atoms with E-state index in [-0.39, 0.29) is 5.91 Å². The molecule has 1 aliphatic rings. The fourth-order valence-electron chi connectivity index (χ4n) is 3.09.